The van der Waals surface area contributed by atoms with Crippen LogP contribution in [0.3, 0.4) is 0 Å². The molecule has 0 spiro atoms. The molecular weight excluding hydrogens is 383 g/mol. The van der Waals surface area contributed by atoms with Crippen LogP contribution in [0.5, 0.6) is 0 Å². The van der Waals surface area contributed by atoms with Gasteiger partial charge in [-0.05, 0) is 24.3 Å². The minimum Gasteiger partial charge on any atom is -0.457 e. The molecule has 1 fully saturated rings. The predicted molar refractivity (Wildman–Crippen MR) is 90.0 cm³/mol. The minimum atomic E-state index is -4.72. The van der Waals surface area contributed by atoms with Gasteiger partial charge in [-0.25, -0.2) is 0 Å². The lowest BCUT2D eigenvalue weighted by molar-refractivity contribution is -0.384. The number of hydrogen-bond donors (Lipinski definition) is 1. The van der Waals surface area contributed by atoms with Crippen molar-refractivity contribution >= 4 is 17.2 Å². The molecule has 1 N–H and O–H groups in total. The fourth-order valence-corrected chi connectivity index (χ4v) is 2.87. The lowest BCUT2D eigenvalue weighted by Gasteiger charge is -2.26. The molecule has 2 heterocycles. The van der Waals surface area contributed by atoms with Crippen LogP contribution < -0.4 is 0 Å². The van der Waals surface area contributed by atoms with Gasteiger partial charge in [-0.15, -0.1) is 0 Å². The number of carbonyl (C=O) groups excluding carboxylic acids is 1. The van der Waals surface area contributed by atoms with Crippen molar-refractivity contribution in [3.8, 4) is 11.3 Å². The molecule has 0 aliphatic carbocycles. The van der Waals surface area contributed by atoms with E-state index in [1.54, 1.807) is 0 Å². The smallest absolute Gasteiger partial charge is 0.416 e. The number of benzene rings is 1. The third-order valence-electron chi connectivity index (χ3n) is 4.26. The van der Waals surface area contributed by atoms with Crippen LogP contribution >= 0.6 is 0 Å². The van der Waals surface area contributed by atoms with E-state index >= 15 is 0 Å². The molecule has 0 saturated carbocycles. The second-order valence-electron chi connectivity index (χ2n) is 6.25. The van der Waals surface area contributed by atoms with Crippen LogP contribution in [0, 0.1) is 10.1 Å². The Morgan fingerprint density at radius 2 is 2.00 bits per heavy atom. The molecular formula is C18H14F3NO6. The molecule has 0 amide bonds. The summed E-state index contributed by atoms with van der Waals surface area (Å²) >= 11 is 0. The first-order valence-electron chi connectivity index (χ1n) is 8.09. The van der Waals surface area contributed by atoms with Crippen molar-refractivity contribution in [3.05, 3.63) is 58.3 Å². The average molecular weight is 397 g/mol. The van der Waals surface area contributed by atoms with Crippen molar-refractivity contribution in [2.75, 3.05) is 0 Å². The Morgan fingerprint density at radius 3 is 2.61 bits per heavy atom. The van der Waals surface area contributed by atoms with E-state index in [1.807, 2.05) is 0 Å². The van der Waals surface area contributed by atoms with E-state index in [9.17, 15) is 33.2 Å². The van der Waals surface area contributed by atoms with Crippen LogP contribution in [0.15, 0.2) is 41.3 Å². The summed E-state index contributed by atoms with van der Waals surface area (Å²) in [4.78, 5) is 21.8. The van der Waals surface area contributed by atoms with Gasteiger partial charge < -0.3 is 14.3 Å². The number of nitro groups is 1. The summed E-state index contributed by atoms with van der Waals surface area (Å²) in [6.07, 6.45) is -6.48. The SMILES string of the molecule is C=C(c1ccc(-c2ccc(C(F)(F)F)cc2[N+](=O)[O-])o1)C1CC(O)CC(=O)O1. The maximum absolute atomic E-state index is 12.8. The van der Waals surface area contributed by atoms with Crippen LogP contribution in [0.2, 0.25) is 0 Å². The van der Waals surface area contributed by atoms with Gasteiger partial charge in [-0.3, -0.25) is 14.9 Å². The average Bonchev–Trinajstić information content (AvgIpc) is 3.08. The summed E-state index contributed by atoms with van der Waals surface area (Å²) in [6.45, 7) is 3.76. The molecule has 2 atom stereocenters. The van der Waals surface area contributed by atoms with Gasteiger partial charge in [0.25, 0.3) is 5.69 Å². The van der Waals surface area contributed by atoms with Crippen molar-refractivity contribution in [2.45, 2.75) is 31.2 Å². The van der Waals surface area contributed by atoms with Crippen LogP contribution in [-0.4, -0.2) is 28.2 Å². The summed E-state index contributed by atoms with van der Waals surface area (Å²) in [6, 6.07) is 4.87. The fraction of sp³-hybridized carbons (Fsp3) is 0.278. The molecule has 1 aliphatic rings. The number of esters is 1. The Hall–Kier alpha value is -3.14. The number of ether oxygens (including phenoxy) is 1. The molecule has 2 aromatic rings. The number of furan rings is 1. The van der Waals surface area contributed by atoms with Gasteiger partial charge in [0.15, 0.2) is 0 Å². The number of nitro benzene ring substituents is 1. The quantitative estimate of drug-likeness (QED) is 0.476. The molecule has 1 saturated heterocycles. The number of cyclic esters (lactones) is 1. The van der Waals surface area contributed by atoms with E-state index in [0.717, 1.165) is 12.1 Å². The fourth-order valence-electron chi connectivity index (χ4n) is 2.87. The molecule has 0 radical (unpaired) electrons. The first-order chi connectivity index (χ1) is 13.1. The second-order valence-corrected chi connectivity index (χ2v) is 6.25. The Balaban J connectivity index is 1.92. The summed E-state index contributed by atoms with van der Waals surface area (Å²) < 4.78 is 49.1. The zero-order chi connectivity index (χ0) is 20.6. The highest BCUT2D eigenvalue weighted by molar-refractivity contribution is 5.76. The maximum Gasteiger partial charge on any atom is 0.416 e. The highest BCUT2D eigenvalue weighted by Crippen LogP contribution is 2.38. The van der Waals surface area contributed by atoms with Crippen molar-refractivity contribution < 1.29 is 37.1 Å². The lowest BCUT2D eigenvalue weighted by atomic mass is 9.99. The number of aliphatic hydroxyl groups is 1. The minimum absolute atomic E-state index is 0.0424. The van der Waals surface area contributed by atoms with Gasteiger partial charge in [-0.2, -0.15) is 13.2 Å². The van der Waals surface area contributed by atoms with Crippen molar-refractivity contribution in [1.82, 2.24) is 0 Å². The zero-order valence-electron chi connectivity index (χ0n) is 14.2. The molecule has 7 nitrogen and oxygen atoms in total. The van der Waals surface area contributed by atoms with E-state index in [2.05, 4.69) is 6.58 Å². The number of alkyl halides is 3. The van der Waals surface area contributed by atoms with E-state index < -0.39 is 40.5 Å². The third kappa shape index (κ3) is 3.91. The number of rotatable bonds is 4. The molecule has 1 aromatic heterocycles. The predicted octanol–water partition coefficient (Wildman–Crippen LogP) is 3.95. The molecule has 10 heteroatoms. The molecule has 2 unspecified atom stereocenters. The van der Waals surface area contributed by atoms with Crippen LogP contribution in [0.1, 0.15) is 24.2 Å². The number of aliphatic hydroxyl groups excluding tert-OH is 1. The number of nitrogens with zero attached hydrogens (tertiary/aromatic N) is 1. The molecule has 3 rings (SSSR count). The first-order valence-corrected chi connectivity index (χ1v) is 8.09. The van der Waals surface area contributed by atoms with Gasteiger partial charge in [0, 0.05) is 18.1 Å². The van der Waals surface area contributed by atoms with E-state index in [-0.39, 0.29) is 35.5 Å². The number of halogens is 3. The number of hydrogen-bond acceptors (Lipinski definition) is 6. The van der Waals surface area contributed by atoms with Crippen LogP contribution in [0.25, 0.3) is 16.9 Å². The zero-order valence-corrected chi connectivity index (χ0v) is 14.2. The molecule has 1 aliphatic heterocycles. The standard InChI is InChI=1S/C18H14F3NO6/c1-9(16-7-11(23)8-17(24)28-16)14-4-5-15(27-14)12-3-2-10(18(19,20)21)6-13(12)22(25)26/h2-6,11,16,23H,1,7-8H2. The molecule has 148 valence electrons. The summed E-state index contributed by atoms with van der Waals surface area (Å²) in [5.74, 6) is -0.509. The van der Waals surface area contributed by atoms with E-state index in [1.165, 1.54) is 12.1 Å². The molecule has 1 aromatic carbocycles. The van der Waals surface area contributed by atoms with Crippen LogP contribution in [0.4, 0.5) is 18.9 Å². The highest BCUT2D eigenvalue weighted by Gasteiger charge is 2.34. The summed E-state index contributed by atoms with van der Waals surface area (Å²) in [5, 5.41) is 20.9. The Bertz CT molecular complexity index is 949. The van der Waals surface area contributed by atoms with E-state index in [0.29, 0.717) is 6.07 Å². The van der Waals surface area contributed by atoms with E-state index in [4.69, 9.17) is 9.15 Å². The monoisotopic (exact) mass is 397 g/mol. The van der Waals surface area contributed by atoms with Crippen molar-refractivity contribution in [1.29, 1.82) is 0 Å². The van der Waals surface area contributed by atoms with Crippen molar-refractivity contribution in [2.24, 2.45) is 0 Å². The van der Waals surface area contributed by atoms with Crippen LogP contribution in [-0.2, 0) is 15.7 Å². The topological polar surface area (TPSA) is 103 Å². The summed E-state index contributed by atoms with van der Waals surface area (Å²) in [7, 11) is 0. The van der Waals surface area contributed by atoms with Gasteiger partial charge >= 0.3 is 12.1 Å². The second kappa shape index (κ2) is 7.12. The van der Waals surface area contributed by atoms with Gasteiger partial charge in [0.2, 0.25) is 0 Å². The normalized spacial score (nSPS) is 19.9. The van der Waals surface area contributed by atoms with Crippen molar-refractivity contribution in [3.63, 3.8) is 0 Å². The lowest BCUT2D eigenvalue weighted by Crippen LogP contribution is -2.33. The Labute approximate surface area is 156 Å². The van der Waals surface area contributed by atoms with Gasteiger partial charge in [-0.1, -0.05) is 6.58 Å². The Kier molecular flexibility index (Phi) is 4.99. The van der Waals surface area contributed by atoms with Gasteiger partial charge in [0.05, 0.1) is 28.6 Å². The maximum atomic E-state index is 12.8. The van der Waals surface area contributed by atoms with Gasteiger partial charge in [0.1, 0.15) is 17.6 Å². The third-order valence-corrected chi connectivity index (χ3v) is 4.26. The first kappa shape index (κ1) is 19.6. The summed E-state index contributed by atoms with van der Waals surface area (Å²) in [5.41, 5.74) is -1.83. The highest BCUT2D eigenvalue weighted by atomic mass is 19.4. The Morgan fingerprint density at radius 1 is 1.29 bits per heavy atom. The number of carbonyl (C=O) groups is 1. The molecule has 28 heavy (non-hydrogen) atoms. The largest absolute Gasteiger partial charge is 0.457 e. The molecule has 0 bridgehead atoms.